The van der Waals surface area contributed by atoms with Crippen molar-refractivity contribution in [2.75, 3.05) is 0 Å². The molecular formula is C10H6Br2O2. The quantitative estimate of drug-likeness (QED) is 0.776. The Morgan fingerprint density at radius 3 is 1.43 bits per heavy atom. The minimum absolute atomic E-state index is 0.190. The first-order valence-corrected chi connectivity index (χ1v) is 5.47. The predicted molar refractivity (Wildman–Crippen MR) is 62.7 cm³/mol. The fourth-order valence-electron chi connectivity index (χ4n) is 1.27. The standard InChI is InChI=1S/C10H6Br2O2/c11-7-1-5-3-10(14)8(12)2-6(5)4-9(7)13/h1-4,13-14H. The zero-order valence-corrected chi connectivity index (χ0v) is 10.1. The van der Waals surface area contributed by atoms with E-state index in [0.29, 0.717) is 8.95 Å². The predicted octanol–water partition coefficient (Wildman–Crippen LogP) is 3.78. The van der Waals surface area contributed by atoms with Crippen LogP contribution >= 0.6 is 31.9 Å². The van der Waals surface area contributed by atoms with Gasteiger partial charge in [-0.15, -0.1) is 0 Å². The summed E-state index contributed by atoms with van der Waals surface area (Å²) in [6.45, 7) is 0. The Labute approximate surface area is 97.4 Å². The Morgan fingerprint density at radius 2 is 1.07 bits per heavy atom. The number of benzene rings is 2. The molecule has 0 spiro atoms. The molecule has 2 aromatic rings. The van der Waals surface area contributed by atoms with Crippen molar-refractivity contribution in [1.29, 1.82) is 0 Å². The highest BCUT2D eigenvalue weighted by Crippen LogP contribution is 2.34. The lowest BCUT2D eigenvalue weighted by Gasteiger charge is -2.03. The average Bonchev–Trinajstić information content (AvgIpc) is 2.11. The van der Waals surface area contributed by atoms with Crippen LogP contribution < -0.4 is 0 Å². The van der Waals surface area contributed by atoms with Crippen LogP contribution in [-0.2, 0) is 0 Å². The van der Waals surface area contributed by atoms with Crippen molar-refractivity contribution in [3.05, 3.63) is 33.2 Å². The highest BCUT2D eigenvalue weighted by molar-refractivity contribution is 9.11. The topological polar surface area (TPSA) is 40.5 Å². The summed E-state index contributed by atoms with van der Waals surface area (Å²) in [6, 6.07) is 6.81. The van der Waals surface area contributed by atoms with Gasteiger partial charge in [0.25, 0.3) is 0 Å². The monoisotopic (exact) mass is 316 g/mol. The van der Waals surface area contributed by atoms with E-state index in [1.165, 1.54) is 0 Å². The number of halogens is 2. The van der Waals surface area contributed by atoms with Gasteiger partial charge in [-0.25, -0.2) is 0 Å². The molecule has 2 nitrogen and oxygen atoms in total. The van der Waals surface area contributed by atoms with Crippen molar-refractivity contribution in [3.8, 4) is 11.5 Å². The van der Waals surface area contributed by atoms with Crippen molar-refractivity contribution in [1.82, 2.24) is 0 Å². The maximum atomic E-state index is 9.45. The second-order valence-corrected chi connectivity index (χ2v) is 4.66. The SMILES string of the molecule is Oc1cc2cc(Br)c(O)cc2cc1Br. The summed E-state index contributed by atoms with van der Waals surface area (Å²) >= 11 is 6.43. The average molecular weight is 318 g/mol. The van der Waals surface area contributed by atoms with Crippen LogP contribution in [0, 0.1) is 0 Å². The summed E-state index contributed by atoms with van der Waals surface area (Å²) in [6.07, 6.45) is 0. The molecule has 0 amide bonds. The Morgan fingerprint density at radius 1 is 0.714 bits per heavy atom. The van der Waals surface area contributed by atoms with E-state index in [4.69, 9.17) is 0 Å². The molecule has 2 rings (SSSR count). The van der Waals surface area contributed by atoms with Crippen molar-refractivity contribution in [3.63, 3.8) is 0 Å². The molecular weight excluding hydrogens is 312 g/mol. The number of phenolic OH excluding ortho intramolecular Hbond substituents is 2. The van der Waals surface area contributed by atoms with Gasteiger partial charge >= 0.3 is 0 Å². The molecule has 0 fully saturated rings. The molecule has 0 heterocycles. The summed E-state index contributed by atoms with van der Waals surface area (Å²) < 4.78 is 1.23. The van der Waals surface area contributed by atoms with Gasteiger partial charge in [0.15, 0.2) is 0 Å². The first-order valence-electron chi connectivity index (χ1n) is 3.88. The minimum Gasteiger partial charge on any atom is -0.507 e. The molecule has 4 heteroatoms. The molecule has 0 atom stereocenters. The molecule has 72 valence electrons. The number of fused-ring (bicyclic) bond motifs is 1. The number of aromatic hydroxyl groups is 2. The lowest BCUT2D eigenvalue weighted by atomic mass is 10.1. The zero-order chi connectivity index (χ0) is 10.3. The molecule has 0 radical (unpaired) electrons. The lowest BCUT2D eigenvalue weighted by Crippen LogP contribution is -1.76. The third-order valence-corrected chi connectivity index (χ3v) is 3.24. The van der Waals surface area contributed by atoms with Crippen molar-refractivity contribution >= 4 is 42.6 Å². The molecule has 2 aromatic carbocycles. The summed E-state index contributed by atoms with van der Waals surface area (Å²) in [5.74, 6) is 0.380. The van der Waals surface area contributed by atoms with Crippen molar-refractivity contribution in [2.24, 2.45) is 0 Å². The highest BCUT2D eigenvalue weighted by Gasteiger charge is 2.04. The summed E-state index contributed by atoms with van der Waals surface area (Å²) in [5.41, 5.74) is 0. The molecule has 2 N–H and O–H groups in total. The number of hydrogen-bond donors (Lipinski definition) is 2. The molecule has 0 aromatic heterocycles. The van der Waals surface area contributed by atoms with Gasteiger partial charge in [-0.1, -0.05) is 0 Å². The van der Waals surface area contributed by atoms with Crippen LogP contribution in [-0.4, -0.2) is 10.2 Å². The molecule has 0 aliphatic rings. The van der Waals surface area contributed by atoms with E-state index < -0.39 is 0 Å². The van der Waals surface area contributed by atoms with Gasteiger partial charge in [-0.3, -0.25) is 0 Å². The fraction of sp³-hybridized carbons (Fsp3) is 0. The van der Waals surface area contributed by atoms with E-state index >= 15 is 0 Å². The van der Waals surface area contributed by atoms with Gasteiger partial charge in [0.05, 0.1) is 8.95 Å². The number of phenols is 2. The van der Waals surface area contributed by atoms with E-state index in [1.807, 2.05) is 0 Å². The van der Waals surface area contributed by atoms with Crippen LogP contribution in [0.5, 0.6) is 11.5 Å². The summed E-state index contributed by atoms with van der Waals surface area (Å²) in [5, 5.41) is 20.6. The second-order valence-electron chi connectivity index (χ2n) is 2.95. The molecule has 14 heavy (non-hydrogen) atoms. The van der Waals surface area contributed by atoms with E-state index in [9.17, 15) is 10.2 Å². The Hall–Kier alpha value is -0.740. The number of rotatable bonds is 0. The Balaban J connectivity index is 2.83. The zero-order valence-electron chi connectivity index (χ0n) is 6.96. The molecule has 0 aliphatic carbocycles. The minimum atomic E-state index is 0.190. The van der Waals surface area contributed by atoms with Gasteiger partial charge in [-0.05, 0) is 66.9 Å². The largest absolute Gasteiger partial charge is 0.507 e. The van der Waals surface area contributed by atoms with Gasteiger partial charge in [0.1, 0.15) is 11.5 Å². The maximum Gasteiger partial charge on any atom is 0.130 e. The van der Waals surface area contributed by atoms with E-state index in [1.54, 1.807) is 24.3 Å². The molecule has 0 aliphatic heterocycles. The van der Waals surface area contributed by atoms with Gasteiger partial charge < -0.3 is 10.2 Å². The molecule has 0 saturated carbocycles. The van der Waals surface area contributed by atoms with Gasteiger partial charge in [-0.2, -0.15) is 0 Å². The number of hydrogen-bond acceptors (Lipinski definition) is 2. The molecule has 0 saturated heterocycles. The van der Waals surface area contributed by atoms with Crippen LogP contribution in [0.25, 0.3) is 10.8 Å². The second kappa shape index (κ2) is 3.44. The van der Waals surface area contributed by atoms with E-state index in [0.717, 1.165) is 10.8 Å². The molecule has 0 bridgehead atoms. The summed E-state index contributed by atoms with van der Waals surface area (Å²) in [4.78, 5) is 0. The third kappa shape index (κ3) is 1.60. The first-order chi connectivity index (χ1) is 6.58. The van der Waals surface area contributed by atoms with E-state index in [-0.39, 0.29) is 11.5 Å². The van der Waals surface area contributed by atoms with Crippen molar-refractivity contribution in [2.45, 2.75) is 0 Å². The lowest BCUT2D eigenvalue weighted by molar-refractivity contribution is 0.470. The third-order valence-electron chi connectivity index (χ3n) is 1.97. The van der Waals surface area contributed by atoms with Crippen LogP contribution in [0.15, 0.2) is 33.2 Å². The van der Waals surface area contributed by atoms with Crippen molar-refractivity contribution < 1.29 is 10.2 Å². The van der Waals surface area contributed by atoms with Crippen LogP contribution in [0.4, 0.5) is 0 Å². The van der Waals surface area contributed by atoms with E-state index in [2.05, 4.69) is 31.9 Å². The van der Waals surface area contributed by atoms with Crippen LogP contribution in [0.2, 0.25) is 0 Å². The molecule has 0 unspecified atom stereocenters. The summed E-state index contributed by atoms with van der Waals surface area (Å²) in [7, 11) is 0. The highest BCUT2D eigenvalue weighted by atomic mass is 79.9. The normalized spacial score (nSPS) is 10.7. The first kappa shape index (κ1) is 9.80. The fourth-order valence-corrected chi connectivity index (χ4v) is 1.99. The smallest absolute Gasteiger partial charge is 0.130 e. The Kier molecular flexibility index (Phi) is 2.41. The van der Waals surface area contributed by atoms with Crippen LogP contribution in [0.1, 0.15) is 0 Å². The van der Waals surface area contributed by atoms with Crippen LogP contribution in [0.3, 0.4) is 0 Å². The van der Waals surface area contributed by atoms with Gasteiger partial charge in [0, 0.05) is 0 Å². The Bertz CT molecular complexity index is 420. The maximum absolute atomic E-state index is 9.45. The van der Waals surface area contributed by atoms with Gasteiger partial charge in [0.2, 0.25) is 0 Å².